The van der Waals surface area contributed by atoms with Crippen LogP contribution in [0.4, 0.5) is 4.39 Å². The highest BCUT2D eigenvalue weighted by Crippen LogP contribution is 2.40. The van der Waals surface area contributed by atoms with Gasteiger partial charge in [-0.2, -0.15) is 0 Å². The normalized spacial score (nSPS) is 11.2. The second-order valence-corrected chi connectivity index (χ2v) is 8.14. The Bertz CT molecular complexity index is 1310. The Morgan fingerprint density at radius 2 is 1.72 bits per heavy atom. The van der Waals surface area contributed by atoms with E-state index in [1.165, 1.54) is 17.8 Å². The van der Waals surface area contributed by atoms with E-state index in [4.69, 9.17) is 0 Å². The molecule has 0 spiro atoms. The predicted octanol–water partition coefficient (Wildman–Crippen LogP) is 5.44. The molecule has 0 saturated carbocycles. The molecular weight excluding hydrogens is 405 g/mol. The third kappa shape index (κ3) is 3.20. The molecule has 0 aliphatic rings. The molecule has 0 aliphatic carbocycles. The van der Waals surface area contributed by atoms with Crippen LogP contribution in [0.25, 0.3) is 32.7 Å². The predicted molar refractivity (Wildman–Crippen MR) is 113 cm³/mol. The van der Waals surface area contributed by atoms with Gasteiger partial charge in [0.05, 0.1) is 10.9 Å². The Kier molecular flexibility index (Phi) is 4.57. The number of hydrogen-bond donors (Lipinski definition) is 0. The first kappa shape index (κ1) is 18.0. The second kappa shape index (κ2) is 7.38. The highest BCUT2D eigenvalue weighted by Gasteiger charge is 2.19. The van der Waals surface area contributed by atoms with Gasteiger partial charge in [-0.25, -0.2) is 14.4 Å². The zero-order chi connectivity index (χ0) is 19.8. The molecule has 3 heterocycles. The average molecular weight is 420 g/mol. The lowest BCUT2D eigenvalue weighted by Gasteiger charge is -2.06. The molecule has 0 radical (unpaired) electrons. The van der Waals surface area contributed by atoms with E-state index in [0.29, 0.717) is 16.5 Å². The number of nitrogens with zero attached hydrogens (tertiary/aromatic N) is 5. The molecule has 0 atom stereocenters. The number of thiophene rings is 1. The summed E-state index contributed by atoms with van der Waals surface area (Å²) in [5, 5.41) is 13.0. The lowest BCUT2D eigenvalue weighted by molar-refractivity contribution is 0.628. The molecule has 5 nitrogen and oxygen atoms in total. The van der Waals surface area contributed by atoms with E-state index in [2.05, 4.69) is 37.7 Å². The molecule has 0 N–H and O–H groups in total. The smallest absolute Gasteiger partial charge is 0.197 e. The van der Waals surface area contributed by atoms with Gasteiger partial charge in [0, 0.05) is 18.0 Å². The summed E-state index contributed by atoms with van der Waals surface area (Å²) < 4.78 is 16.0. The van der Waals surface area contributed by atoms with E-state index in [1.807, 2.05) is 25.2 Å². The van der Waals surface area contributed by atoms with E-state index in [-0.39, 0.29) is 5.82 Å². The van der Waals surface area contributed by atoms with Gasteiger partial charge in [-0.1, -0.05) is 42.5 Å². The highest BCUT2D eigenvalue weighted by atomic mass is 32.2. The van der Waals surface area contributed by atoms with Crippen LogP contribution >= 0.6 is 23.1 Å². The monoisotopic (exact) mass is 419 g/mol. The molecule has 3 aromatic heterocycles. The SMILES string of the molecule is Cn1c(Sc2ncnc3scc(-c4ccccc4)c23)nnc1-c1ccccc1F. The van der Waals surface area contributed by atoms with E-state index >= 15 is 0 Å². The van der Waals surface area contributed by atoms with Crippen molar-refractivity contribution in [2.24, 2.45) is 7.05 Å². The summed E-state index contributed by atoms with van der Waals surface area (Å²) in [6.45, 7) is 0. The van der Waals surface area contributed by atoms with Gasteiger partial charge in [0.25, 0.3) is 0 Å². The van der Waals surface area contributed by atoms with E-state index < -0.39 is 0 Å². The molecule has 5 aromatic rings. The summed E-state index contributed by atoms with van der Waals surface area (Å²) in [5.74, 6) is 0.151. The molecule has 0 aliphatic heterocycles. The first-order valence-electron chi connectivity index (χ1n) is 8.82. The number of halogens is 1. The maximum atomic E-state index is 14.2. The number of fused-ring (bicyclic) bond motifs is 1. The first-order chi connectivity index (χ1) is 14.2. The fourth-order valence-corrected chi connectivity index (χ4v) is 4.99. The zero-order valence-electron chi connectivity index (χ0n) is 15.3. The third-order valence-electron chi connectivity index (χ3n) is 4.56. The quantitative estimate of drug-likeness (QED) is 0.363. The standard InChI is InChI=1S/C21H14FN5S2/c1-27-18(14-9-5-6-10-16(14)22)25-26-21(27)29-20-17-15(13-7-3-2-4-8-13)11-28-19(17)23-12-24-20/h2-12H,1H3. The van der Waals surface area contributed by atoms with Gasteiger partial charge >= 0.3 is 0 Å². The van der Waals surface area contributed by atoms with Crippen molar-refractivity contribution in [2.75, 3.05) is 0 Å². The number of benzene rings is 2. The van der Waals surface area contributed by atoms with Crippen LogP contribution in [0.15, 0.2) is 76.5 Å². The summed E-state index contributed by atoms with van der Waals surface area (Å²) in [6, 6.07) is 16.7. The molecule has 142 valence electrons. The van der Waals surface area contributed by atoms with Crippen molar-refractivity contribution >= 4 is 33.3 Å². The van der Waals surface area contributed by atoms with Crippen LogP contribution in [-0.4, -0.2) is 24.7 Å². The molecule has 8 heteroatoms. The van der Waals surface area contributed by atoms with E-state index in [0.717, 1.165) is 26.4 Å². The maximum absolute atomic E-state index is 14.2. The molecule has 0 fully saturated rings. The Hall–Kier alpha value is -3.10. The van der Waals surface area contributed by atoms with Crippen molar-refractivity contribution in [3.8, 4) is 22.5 Å². The van der Waals surface area contributed by atoms with Gasteiger partial charge in [0.15, 0.2) is 11.0 Å². The summed E-state index contributed by atoms with van der Waals surface area (Å²) in [4.78, 5) is 9.84. The lowest BCUT2D eigenvalue weighted by Crippen LogP contribution is -1.97. The topological polar surface area (TPSA) is 56.5 Å². The minimum absolute atomic E-state index is 0.326. The van der Waals surface area contributed by atoms with Gasteiger partial charge in [0.2, 0.25) is 0 Å². The molecule has 0 saturated heterocycles. The largest absolute Gasteiger partial charge is 0.305 e. The van der Waals surface area contributed by atoms with Crippen LogP contribution in [0, 0.1) is 5.82 Å². The lowest BCUT2D eigenvalue weighted by atomic mass is 10.1. The highest BCUT2D eigenvalue weighted by molar-refractivity contribution is 7.99. The zero-order valence-corrected chi connectivity index (χ0v) is 16.9. The molecular formula is C21H14FN5S2. The summed E-state index contributed by atoms with van der Waals surface area (Å²) in [6.07, 6.45) is 1.56. The van der Waals surface area contributed by atoms with Crippen molar-refractivity contribution < 1.29 is 4.39 Å². The van der Waals surface area contributed by atoms with E-state index in [1.54, 1.807) is 40.4 Å². The summed E-state index contributed by atoms with van der Waals surface area (Å²) >= 11 is 2.99. The van der Waals surface area contributed by atoms with Crippen LogP contribution in [0.1, 0.15) is 0 Å². The van der Waals surface area contributed by atoms with Gasteiger partial charge in [0.1, 0.15) is 22.0 Å². The third-order valence-corrected chi connectivity index (χ3v) is 6.49. The Labute approximate surface area is 174 Å². The molecule has 0 unspecified atom stereocenters. The van der Waals surface area contributed by atoms with Crippen molar-refractivity contribution in [1.82, 2.24) is 24.7 Å². The average Bonchev–Trinajstić information content (AvgIpc) is 3.34. The van der Waals surface area contributed by atoms with Gasteiger partial charge in [-0.15, -0.1) is 21.5 Å². The Morgan fingerprint density at radius 3 is 2.55 bits per heavy atom. The van der Waals surface area contributed by atoms with Gasteiger partial charge in [-0.3, -0.25) is 0 Å². The van der Waals surface area contributed by atoms with Crippen LogP contribution in [-0.2, 0) is 7.05 Å². The fourth-order valence-electron chi connectivity index (χ4n) is 3.12. The van der Waals surface area contributed by atoms with Crippen LogP contribution in [0.3, 0.4) is 0 Å². The first-order valence-corrected chi connectivity index (χ1v) is 10.5. The Morgan fingerprint density at radius 1 is 0.931 bits per heavy atom. The van der Waals surface area contributed by atoms with Gasteiger partial charge < -0.3 is 4.57 Å². The van der Waals surface area contributed by atoms with Crippen molar-refractivity contribution in [2.45, 2.75) is 10.2 Å². The van der Waals surface area contributed by atoms with Crippen LogP contribution in [0.5, 0.6) is 0 Å². The minimum atomic E-state index is -0.326. The van der Waals surface area contributed by atoms with Crippen molar-refractivity contribution in [1.29, 1.82) is 0 Å². The molecule has 29 heavy (non-hydrogen) atoms. The molecule has 0 amide bonds. The number of aromatic nitrogens is 5. The number of hydrogen-bond acceptors (Lipinski definition) is 6. The fraction of sp³-hybridized carbons (Fsp3) is 0.0476. The van der Waals surface area contributed by atoms with Gasteiger partial charge in [-0.05, 0) is 29.5 Å². The van der Waals surface area contributed by atoms with Crippen molar-refractivity contribution in [3.63, 3.8) is 0 Å². The summed E-state index contributed by atoms with van der Waals surface area (Å²) in [7, 11) is 1.83. The Balaban J connectivity index is 1.59. The van der Waals surface area contributed by atoms with Crippen LogP contribution < -0.4 is 0 Å². The number of rotatable bonds is 4. The van der Waals surface area contributed by atoms with Crippen molar-refractivity contribution in [3.05, 3.63) is 72.1 Å². The molecule has 2 aromatic carbocycles. The molecule has 0 bridgehead atoms. The van der Waals surface area contributed by atoms with E-state index in [9.17, 15) is 4.39 Å². The maximum Gasteiger partial charge on any atom is 0.197 e. The summed E-state index contributed by atoms with van der Waals surface area (Å²) in [5.41, 5.74) is 2.62. The second-order valence-electron chi connectivity index (χ2n) is 6.32. The van der Waals surface area contributed by atoms with Crippen LogP contribution in [0.2, 0.25) is 0 Å². The molecule has 5 rings (SSSR count). The minimum Gasteiger partial charge on any atom is -0.305 e.